The van der Waals surface area contributed by atoms with Gasteiger partial charge in [-0.2, -0.15) is 0 Å². The number of hydrogen-bond donors (Lipinski definition) is 1. The number of anilines is 1. The summed E-state index contributed by atoms with van der Waals surface area (Å²) in [6.07, 6.45) is 0. The predicted molar refractivity (Wildman–Crippen MR) is 104 cm³/mol. The lowest BCUT2D eigenvalue weighted by Gasteiger charge is -2.17. The predicted octanol–water partition coefficient (Wildman–Crippen LogP) is 3.35. The van der Waals surface area contributed by atoms with Crippen LogP contribution in [0.25, 0.3) is 0 Å². The van der Waals surface area contributed by atoms with Gasteiger partial charge in [0.2, 0.25) is 5.91 Å². The second-order valence-electron chi connectivity index (χ2n) is 6.29. The Kier molecular flexibility index (Phi) is 7.12. The summed E-state index contributed by atoms with van der Waals surface area (Å²) in [5.41, 5.74) is 2.10. The molecule has 8 heteroatoms. The molecule has 0 radical (unpaired) electrons. The molecule has 0 aliphatic rings. The normalized spacial score (nSPS) is 10.3. The molecule has 148 valence electrons. The molecule has 0 saturated heterocycles. The zero-order valence-corrected chi connectivity index (χ0v) is 16.5. The first-order valence-electron chi connectivity index (χ1n) is 8.41. The Morgan fingerprint density at radius 3 is 2.57 bits per heavy atom. The molecule has 2 rings (SSSR count). The first-order chi connectivity index (χ1) is 13.2. The molecule has 2 amide bonds. The first-order valence-corrected chi connectivity index (χ1v) is 8.79. The molecule has 0 atom stereocenters. The maximum Gasteiger partial charge on any atom is 0.343 e. The Morgan fingerprint density at radius 2 is 1.89 bits per heavy atom. The summed E-state index contributed by atoms with van der Waals surface area (Å²) >= 11 is 5.78. The Balaban J connectivity index is 1.89. The maximum absolute atomic E-state index is 13.7. The lowest BCUT2D eigenvalue weighted by atomic mass is 10.1. The van der Waals surface area contributed by atoms with Crippen LogP contribution in [0.4, 0.5) is 10.1 Å². The van der Waals surface area contributed by atoms with E-state index in [9.17, 15) is 18.8 Å². The monoisotopic (exact) mass is 406 g/mol. The number of halogens is 2. The van der Waals surface area contributed by atoms with Gasteiger partial charge >= 0.3 is 5.97 Å². The van der Waals surface area contributed by atoms with E-state index < -0.39 is 35.8 Å². The summed E-state index contributed by atoms with van der Waals surface area (Å²) in [6, 6.07) is 9.39. The minimum absolute atomic E-state index is 0.112. The van der Waals surface area contributed by atoms with Crippen LogP contribution in [-0.2, 0) is 14.3 Å². The van der Waals surface area contributed by atoms with Gasteiger partial charge in [-0.3, -0.25) is 9.59 Å². The van der Waals surface area contributed by atoms with Crippen LogP contribution in [0.1, 0.15) is 21.5 Å². The van der Waals surface area contributed by atoms with Crippen molar-refractivity contribution in [3.8, 4) is 0 Å². The fourth-order valence-corrected chi connectivity index (χ4v) is 2.61. The van der Waals surface area contributed by atoms with E-state index in [0.717, 1.165) is 22.1 Å². The van der Waals surface area contributed by atoms with E-state index in [2.05, 4.69) is 5.32 Å². The van der Waals surface area contributed by atoms with Crippen molar-refractivity contribution in [2.24, 2.45) is 0 Å². The number of nitrogens with one attached hydrogen (secondary N) is 1. The highest BCUT2D eigenvalue weighted by molar-refractivity contribution is 6.33. The summed E-state index contributed by atoms with van der Waals surface area (Å²) in [5.74, 6) is -2.90. The van der Waals surface area contributed by atoms with Gasteiger partial charge in [-0.25, -0.2) is 9.18 Å². The van der Waals surface area contributed by atoms with E-state index in [1.807, 2.05) is 32.0 Å². The highest BCUT2D eigenvalue weighted by Crippen LogP contribution is 2.20. The summed E-state index contributed by atoms with van der Waals surface area (Å²) in [4.78, 5) is 37.3. The molecular formula is C20H20ClFN2O4. The Hall–Kier alpha value is -2.93. The highest BCUT2D eigenvalue weighted by Gasteiger charge is 2.20. The van der Waals surface area contributed by atoms with Crippen LogP contribution in [0, 0.1) is 19.7 Å². The van der Waals surface area contributed by atoms with Gasteiger partial charge in [-0.15, -0.1) is 0 Å². The molecule has 0 fully saturated rings. The topological polar surface area (TPSA) is 75.7 Å². The lowest BCUT2D eigenvalue weighted by Crippen LogP contribution is -2.37. The third-order valence-electron chi connectivity index (χ3n) is 3.97. The van der Waals surface area contributed by atoms with Crippen LogP contribution >= 0.6 is 11.6 Å². The van der Waals surface area contributed by atoms with Crippen LogP contribution in [0.2, 0.25) is 5.02 Å². The molecule has 0 unspecified atom stereocenters. The fraction of sp³-hybridized carbons (Fsp3) is 0.250. The first kappa shape index (κ1) is 21.4. The Bertz CT molecular complexity index is 897. The van der Waals surface area contributed by atoms with Gasteiger partial charge in [0.1, 0.15) is 11.4 Å². The van der Waals surface area contributed by atoms with Crippen molar-refractivity contribution in [3.05, 3.63) is 63.9 Å². The molecule has 1 N–H and O–H groups in total. The number of ether oxygens (including phenoxy) is 1. The van der Waals surface area contributed by atoms with Crippen molar-refractivity contribution in [1.82, 2.24) is 4.90 Å². The third-order valence-corrected chi connectivity index (χ3v) is 4.28. The SMILES string of the molecule is Cc1ccc(C)c(NC(=O)CN(C)C(=O)COC(=O)c2c(F)cccc2Cl)c1. The molecule has 0 aromatic heterocycles. The van der Waals surface area contributed by atoms with Gasteiger partial charge in [0.15, 0.2) is 6.61 Å². The van der Waals surface area contributed by atoms with Crippen LogP contribution in [-0.4, -0.2) is 42.9 Å². The number of carbonyl (C=O) groups excluding carboxylic acids is 3. The van der Waals surface area contributed by atoms with E-state index in [0.29, 0.717) is 5.69 Å². The Labute approximate surface area is 167 Å². The van der Waals surface area contributed by atoms with Gasteiger partial charge in [-0.1, -0.05) is 29.8 Å². The summed E-state index contributed by atoms with van der Waals surface area (Å²) in [6.45, 7) is 2.89. The molecule has 0 heterocycles. The number of benzene rings is 2. The van der Waals surface area contributed by atoms with Crippen LogP contribution in [0.3, 0.4) is 0 Å². The molecule has 0 saturated carbocycles. The number of aryl methyl sites for hydroxylation is 2. The quantitative estimate of drug-likeness (QED) is 0.746. The van der Waals surface area contributed by atoms with Gasteiger partial charge in [0.25, 0.3) is 5.91 Å². The van der Waals surface area contributed by atoms with Crippen LogP contribution < -0.4 is 5.32 Å². The summed E-state index contributed by atoms with van der Waals surface area (Å²) in [7, 11) is 1.40. The fourth-order valence-electron chi connectivity index (χ4n) is 2.37. The number of amides is 2. The van der Waals surface area contributed by atoms with E-state index in [4.69, 9.17) is 16.3 Å². The van der Waals surface area contributed by atoms with Crippen molar-refractivity contribution in [3.63, 3.8) is 0 Å². The molecule has 2 aromatic rings. The van der Waals surface area contributed by atoms with Gasteiger partial charge in [0.05, 0.1) is 11.6 Å². The van der Waals surface area contributed by atoms with Gasteiger partial charge in [0, 0.05) is 12.7 Å². The van der Waals surface area contributed by atoms with Crippen LogP contribution in [0.5, 0.6) is 0 Å². The highest BCUT2D eigenvalue weighted by atomic mass is 35.5. The lowest BCUT2D eigenvalue weighted by molar-refractivity contribution is -0.136. The number of esters is 1. The van der Waals surface area contributed by atoms with Crippen molar-refractivity contribution >= 4 is 35.1 Å². The average Bonchev–Trinajstić information content (AvgIpc) is 2.62. The van der Waals surface area contributed by atoms with Crippen LogP contribution in [0.15, 0.2) is 36.4 Å². The molecule has 0 aliphatic heterocycles. The van der Waals surface area contributed by atoms with Crippen molar-refractivity contribution in [2.75, 3.05) is 25.5 Å². The average molecular weight is 407 g/mol. The largest absolute Gasteiger partial charge is 0.452 e. The number of nitrogens with zero attached hydrogens (tertiary/aromatic N) is 1. The summed E-state index contributed by atoms with van der Waals surface area (Å²) in [5, 5.41) is 2.62. The second-order valence-corrected chi connectivity index (χ2v) is 6.70. The smallest absolute Gasteiger partial charge is 0.343 e. The maximum atomic E-state index is 13.7. The number of hydrogen-bond acceptors (Lipinski definition) is 4. The van der Waals surface area contributed by atoms with E-state index in [1.165, 1.54) is 19.2 Å². The summed E-state index contributed by atoms with van der Waals surface area (Å²) < 4.78 is 18.5. The molecule has 28 heavy (non-hydrogen) atoms. The van der Waals surface area contributed by atoms with E-state index >= 15 is 0 Å². The van der Waals surface area contributed by atoms with Gasteiger partial charge in [-0.05, 0) is 43.2 Å². The minimum Gasteiger partial charge on any atom is -0.452 e. The van der Waals surface area contributed by atoms with E-state index in [-0.39, 0.29) is 11.6 Å². The minimum atomic E-state index is -1.05. The zero-order valence-electron chi connectivity index (χ0n) is 15.7. The molecule has 6 nitrogen and oxygen atoms in total. The van der Waals surface area contributed by atoms with Crippen molar-refractivity contribution in [1.29, 1.82) is 0 Å². The molecule has 0 spiro atoms. The van der Waals surface area contributed by atoms with Gasteiger partial charge < -0.3 is 15.0 Å². The zero-order chi connectivity index (χ0) is 20.8. The number of carbonyl (C=O) groups is 3. The third kappa shape index (κ3) is 5.53. The number of rotatable bonds is 6. The molecule has 2 aromatic carbocycles. The Morgan fingerprint density at radius 1 is 1.18 bits per heavy atom. The molecule has 0 aliphatic carbocycles. The van der Waals surface area contributed by atoms with Crippen molar-refractivity contribution < 1.29 is 23.5 Å². The van der Waals surface area contributed by atoms with E-state index in [1.54, 1.807) is 0 Å². The number of likely N-dealkylation sites (N-methyl/N-ethyl adjacent to an activating group) is 1. The van der Waals surface area contributed by atoms with Crippen molar-refractivity contribution in [2.45, 2.75) is 13.8 Å². The second kappa shape index (κ2) is 9.32. The molecule has 0 bridgehead atoms. The molecular weight excluding hydrogens is 387 g/mol. The standard InChI is InChI=1S/C20H20ClFN2O4/c1-12-7-8-13(2)16(9-12)23-17(25)10-24(3)18(26)11-28-20(27)19-14(21)5-4-6-15(19)22/h4-9H,10-11H2,1-3H3,(H,23,25).